The average Bonchev–Trinajstić information content (AvgIpc) is 2.63. The van der Waals surface area contributed by atoms with Crippen LogP contribution in [-0.4, -0.2) is 5.97 Å². The zero-order chi connectivity index (χ0) is 16.9. The number of benzene rings is 2. The van der Waals surface area contributed by atoms with Crippen LogP contribution in [0.4, 0.5) is 0 Å². The number of carbonyl (C=O) groups excluding carboxylic acids is 1. The Morgan fingerprint density at radius 1 is 0.917 bits per heavy atom. The van der Waals surface area contributed by atoms with E-state index in [2.05, 4.69) is 49.9 Å². The first-order chi connectivity index (χ1) is 11.7. The van der Waals surface area contributed by atoms with Crippen molar-refractivity contribution in [2.45, 2.75) is 44.4 Å². The van der Waals surface area contributed by atoms with E-state index in [0.717, 1.165) is 0 Å². The van der Waals surface area contributed by atoms with Crippen LogP contribution in [-0.2, 0) is 4.79 Å². The van der Waals surface area contributed by atoms with E-state index in [1.165, 1.54) is 48.4 Å². The summed E-state index contributed by atoms with van der Waals surface area (Å²) >= 11 is 0. The predicted molar refractivity (Wildman–Crippen MR) is 97.4 cm³/mol. The minimum Gasteiger partial charge on any atom is -0.423 e. The van der Waals surface area contributed by atoms with Crippen molar-refractivity contribution >= 4 is 5.97 Å². The first-order valence-electron chi connectivity index (χ1n) is 8.66. The molecule has 1 fully saturated rings. The van der Waals surface area contributed by atoms with Crippen LogP contribution in [0, 0.1) is 6.92 Å². The fourth-order valence-electron chi connectivity index (χ4n) is 3.56. The number of aryl methyl sites for hydroxylation is 1. The zero-order valence-corrected chi connectivity index (χ0v) is 14.2. The molecular weight excluding hydrogens is 296 g/mol. The molecule has 0 aliphatic heterocycles. The second kappa shape index (κ2) is 7.48. The fourth-order valence-corrected chi connectivity index (χ4v) is 3.56. The summed E-state index contributed by atoms with van der Waals surface area (Å²) in [6, 6.07) is 16.9. The van der Waals surface area contributed by atoms with Gasteiger partial charge in [0, 0.05) is 6.08 Å². The summed E-state index contributed by atoms with van der Waals surface area (Å²) in [7, 11) is 0. The number of rotatable bonds is 4. The van der Waals surface area contributed by atoms with Crippen molar-refractivity contribution in [1.82, 2.24) is 0 Å². The molecular formula is C22H24O2. The van der Waals surface area contributed by atoms with Gasteiger partial charge in [-0.3, -0.25) is 0 Å². The van der Waals surface area contributed by atoms with Gasteiger partial charge in [0.05, 0.1) is 0 Å². The lowest BCUT2D eigenvalue weighted by molar-refractivity contribution is -0.128. The van der Waals surface area contributed by atoms with Gasteiger partial charge in [-0.15, -0.1) is 0 Å². The van der Waals surface area contributed by atoms with Crippen molar-refractivity contribution in [1.29, 1.82) is 0 Å². The molecule has 1 aliphatic rings. The third kappa shape index (κ3) is 3.94. The van der Waals surface area contributed by atoms with E-state index in [9.17, 15) is 4.79 Å². The van der Waals surface area contributed by atoms with Crippen LogP contribution in [0.3, 0.4) is 0 Å². The fraction of sp³-hybridized carbons (Fsp3) is 0.318. The van der Waals surface area contributed by atoms with E-state index in [1.54, 1.807) is 0 Å². The molecule has 0 N–H and O–H groups in total. The van der Waals surface area contributed by atoms with Crippen LogP contribution in [0.25, 0.3) is 0 Å². The highest BCUT2D eigenvalue weighted by molar-refractivity contribution is 5.83. The van der Waals surface area contributed by atoms with E-state index in [1.807, 2.05) is 12.1 Å². The van der Waals surface area contributed by atoms with Gasteiger partial charge >= 0.3 is 5.97 Å². The maximum atomic E-state index is 11.2. The molecule has 0 aromatic heterocycles. The van der Waals surface area contributed by atoms with Crippen molar-refractivity contribution < 1.29 is 9.53 Å². The molecule has 0 atom stereocenters. The van der Waals surface area contributed by atoms with Crippen molar-refractivity contribution in [3.8, 4) is 5.75 Å². The smallest absolute Gasteiger partial charge is 0.335 e. The molecule has 2 aromatic carbocycles. The first kappa shape index (κ1) is 16.5. The molecule has 3 rings (SSSR count). The largest absolute Gasteiger partial charge is 0.423 e. The topological polar surface area (TPSA) is 26.3 Å². The molecule has 0 heterocycles. The summed E-state index contributed by atoms with van der Waals surface area (Å²) in [4.78, 5) is 11.2. The molecule has 24 heavy (non-hydrogen) atoms. The van der Waals surface area contributed by atoms with E-state index in [-0.39, 0.29) is 0 Å². The molecule has 0 unspecified atom stereocenters. The Kier molecular flexibility index (Phi) is 5.14. The Balaban J connectivity index is 1.59. The lowest BCUT2D eigenvalue weighted by Crippen LogP contribution is -2.12. The molecule has 0 radical (unpaired) electrons. The van der Waals surface area contributed by atoms with Gasteiger partial charge in [0.1, 0.15) is 5.75 Å². The van der Waals surface area contributed by atoms with E-state index in [0.29, 0.717) is 17.6 Å². The van der Waals surface area contributed by atoms with Gasteiger partial charge in [-0.1, -0.05) is 48.5 Å². The summed E-state index contributed by atoms with van der Waals surface area (Å²) in [5, 5.41) is 0. The number of hydrogen-bond donors (Lipinski definition) is 0. The van der Waals surface area contributed by atoms with E-state index >= 15 is 0 Å². The lowest BCUT2D eigenvalue weighted by atomic mass is 9.76. The molecule has 0 saturated heterocycles. The highest BCUT2D eigenvalue weighted by Crippen LogP contribution is 2.40. The van der Waals surface area contributed by atoms with Crippen LogP contribution < -0.4 is 4.74 Å². The third-order valence-electron chi connectivity index (χ3n) is 5.01. The van der Waals surface area contributed by atoms with Gasteiger partial charge in [-0.05, 0) is 67.7 Å². The zero-order valence-electron chi connectivity index (χ0n) is 14.2. The monoisotopic (exact) mass is 320 g/mol. The molecule has 2 heteroatoms. The van der Waals surface area contributed by atoms with Gasteiger partial charge in [0.2, 0.25) is 0 Å². The molecule has 0 bridgehead atoms. The number of hydrogen-bond acceptors (Lipinski definition) is 2. The second-order valence-electron chi connectivity index (χ2n) is 6.65. The Bertz CT molecular complexity index is 690. The number of ether oxygens (including phenoxy) is 1. The van der Waals surface area contributed by atoms with Crippen molar-refractivity contribution in [2.24, 2.45) is 0 Å². The van der Waals surface area contributed by atoms with Crippen molar-refractivity contribution in [3.05, 3.63) is 77.9 Å². The lowest BCUT2D eigenvalue weighted by Gasteiger charge is -2.29. The Morgan fingerprint density at radius 2 is 1.38 bits per heavy atom. The van der Waals surface area contributed by atoms with Crippen LogP contribution in [0.5, 0.6) is 5.75 Å². The maximum Gasteiger partial charge on any atom is 0.335 e. The standard InChI is InChI=1S/C22H24O2/c1-3-22(23)24-21-14-12-20(13-15-21)19-10-8-18(9-11-19)17-6-4-16(2)5-7-17/h3-7,12-15,18-19H,1,8-11H2,2H3. The van der Waals surface area contributed by atoms with Crippen molar-refractivity contribution in [3.63, 3.8) is 0 Å². The summed E-state index contributed by atoms with van der Waals surface area (Å²) < 4.78 is 5.13. The summed E-state index contributed by atoms with van der Waals surface area (Å²) in [5.41, 5.74) is 4.14. The molecule has 2 nitrogen and oxygen atoms in total. The van der Waals surface area contributed by atoms with Crippen LogP contribution in [0.2, 0.25) is 0 Å². The molecule has 1 saturated carbocycles. The SMILES string of the molecule is C=CC(=O)Oc1ccc(C2CCC(c3ccc(C)cc3)CC2)cc1. The average molecular weight is 320 g/mol. The van der Waals surface area contributed by atoms with E-state index in [4.69, 9.17) is 4.74 Å². The van der Waals surface area contributed by atoms with Gasteiger partial charge in [0.15, 0.2) is 0 Å². The van der Waals surface area contributed by atoms with Crippen LogP contribution in [0.1, 0.15) is 54.2 Å². The normalized spacial score (nSPS) is 20.4. The summed E-state index contributed by atoms with van der Waals surface area (Å²) in [6.07, 6.45) is 6.08. The molecule has 0 amide bonds. The Hall–Kier alpha value is -2.35. The number of carbonyl (C=O) groups is 1. The van der Waals surface area contributed by atoms with Gasteiger partial charge < -0.3 is 4.74 Å². The maximum absolute atomic E-state index is 11.2. The highest BCUT2D eigenvalue weighted by atomic mass is 16.5. The predicted octanol–water partition coefficient (Wildman–Crippen LogP) is 5.53. The van der Waals surface area contributed by atoms with Crippen LogP contribution >= 0.6 is 0 Å². The minimum absolute atomic E-state index is 0.415. The Labute approximate surface area is 144 Å². The molecule has 0 spiro atoms. The van der Waals surface area contributed by atoms with Gasteiger partial charge in [0.25, 0.3) is 0 Å². The highest BCUT2D eigenvalue weighted by Gasteiger charge is 2.23. The first-order valence-corrected chi connectivity index (χ1v) is 8.66. The van der Waals surface area contributed by atoms with E-state index < -0.39 is 5.97 Å². The number of esters is 1. The molecule has 124 valence electrons. The quantitative estimate of drug-likeness (QED) is 0.421. The second-order valence-corrected chi connectivity index (χ2v) is 6.65. The molecule has 2 aromatic rings. The summed E-state index contributed by atoms with van der Waals surface area (Å²) in [6.45, 7) is 5.55. The third-order valence-corrected chi connectivity index (χ3v) is 5.01. The van der Waals surface area contributed by atoms with Crippen LogP contribution in [0.15, 0.2) is 61.2 Å². The Morgan fingerprint density at radius 3 is 1.83 bits per heavy atom. The van der Waals surface area contributed by atoms with Crippen molar-refractivity contribution in [2.75, 3.05) is 0 Å². The minimum atomic E-state index is -0.415. The summed E-state index contributed by atoms with van der Waals surface area (Å²) in [5.74, 6) is 1.46. The van der Waals surface area contributed by atoms with Gasteiger partial charge in [-0.2, -0.15) is 0 Å². The van der Waals surface area contributed by atoms with Gasteiger partial charge in [-0.25, -0.2) is 4.79 Å². The molecule has 1 aliphatic carbocycles.